The standard InChI is InChI=1S/C15H15NO4/c1-19-13-9-12(10-5-2-3-6-11(10)16-13)20-15(14(17)18)7-4-8-15/h2-3,5-6,9H,4,7-8H2,1H3,(H,17,18). The number of fused-ring (bicyclic) bond motifs is 1. The Morgan fingerprint density at radius 1 is 1.35 bits per heavy atom. The Balaban J connectivity index is 2.08. The van der Waals surface area contributed by atoms with Gasteiger partial charge >= 0.3 is 5.97 Å². The number of aromatic nitrogens is 1. The van der Waals surface area contributed by atoms with Crippen LogP contribution in [0.4, 0.5) is 0 Å². The van der Waals surface area contributed by atoms with E-state index in [1.807, 2.05) is 24.3 Å². The van der Waals surface area contributed by atoms with Gasteiger partial charge in [0.25, 0.3) is 0 Å². The van der Waals surface area contributed by atoms with E-state index in [1.54, 1.807) is 6.07 Å². The van der Waals surface area contributed by atoms with Gasteiger partial charge in [-0.05, 0) is 31.4 Å². The molecule has 20 heavy (non-hydrogen) atoms. The summed E-state index contributed by atoms with van der Waals surface area (Å²) < 4.78 is 11.0. The molecule has 1 saturated carbocycles. The van der Waals surface area contributed by atoms with Crippen molar-refractivity contribution in [3.05, 3.63) is 30.3 Å². The van der Waals surface area contributed by atoms with Gasteiger partial charge in [-0.3, -0.25) is 0 Å². The second kappa shape index (κ2) is 4.67. The highest BCUT2D eigenvalue weighted by Gasteiger charge is 2.47. The summed E-state index contributed by atoms with van der Waals surface area (Å²) in [6.45, 7) is 0. The predicted molar refractivity (Wildman–Crippen MR) is 73.1 cm³/mol. The molecule has 0 atom stereocenters. The molecule has 1 fully saturated rings. The number of carboxylic acid groups (broad SMARTS) is 1. The van der Waals surface area contributed by atoms with Gasteiger partial charge < -0.3 is 14.6 Å². The van der Waals surface area contributed by atoms with Crippen LogP contribution in [-0.4, -0.2) is 28.8 Å². The van der Waals surface area contributed by atoms with E-state index >= 15 is 0 Å². The van der Waals surface area contributed by atoms with E-state index in [4.69, 9.17) is 9.47 Å². The van der Waals surface area contributed by atoms with E-state index < -0.39 is 11.6 Å². The number of methoxy groups -OCH3 is 1. The summed E-state index contributed by atoms with van der Waals surface area (Å²) in [4.78, 5) is 15.7. The summed E-state index contributed by atoms with van der Waals surface area (Å²) in [5.41, 5.74) is -0.378. The molecule has 0 saturated heterocycles. The highest BCUT2D eigenvalue weighted by atomic mass is 16.5. The van der Waals surface area contributed by atoms with Crippen LogP contribution >= 0.6 is 0 Å². The summed E-state index contributed by atoms with van der Waals surface area (Å²) in [5.74, 6) is 0.0109. The summed E-state index contributed by atoms with van der Waals surface area (Å²) in [6.07, 6.45) is 1.93. The first-order valence-electron chi connectivity index (χ1n) is 6.51. The minimum absolute atomic E-state index is 0.415. The number of para-hydroxylation sites is 1. The van der Waals surface area contributed by atoms with E-state index in [1.165, 1.54) is 7.11 Å². The average Bonchev–Trinajstić information content (AvgIpc) is 2.41. The third-order valence-corrected chi connectivity index (χ3v) is 3.72. The highest BCUT2D eigenvalue weighted by Crippen LogP contribution is 2.39. The smallest absolute Gasteiger partial charge is 0.348 e. The van der Waals surface area contributed by atoms with Crippen molar-refractivity contribution in [2.45, 2.75) is 24.9 Å². The molecule has 5 nitrogen and oxygen atoms in total. The molecule has 1 aliphatic rings. The third kappa shape index (κ3) is 1.95. The summed E-state index contributed by atoms with van der Waals surface area (Å²) in [7, 11) is 1.52. The van der Waals surface area contributed by atoms with Crippen molar-refractivity contribution in [3.63, 3.8) is 0 Å². The summed E-state index contributed by atoms with van der Waals surface area (Å²) in [5, 5.41) is 10.2. The Kier molecular flexibility index (Phi) is 2.97. The van der Waals surface area contributed by atoms with Crippen LogP contribution in [0, 0.1) is 0 Å². The molecule has 0 unspecified atom stereocenters. The van der Waals surface area contributed by atoms with Crippen molar-refractivity contribution < 1.29 is 19.4 Å². The molecule has 0 bridgehead atoms. The molecule has 0 radical (unpaired) electrons. The third-order valence-electron chi connectivity index (χ3n) is 3.72. The van der Waals surface area contributed by atoms with Gasteiger partial charge in [-0.1, -0.05) is 12.1 Å². The van der Waals surface area contributed by atoms with Crippen LogP contribution in [0.15, 0.2) is 30.3 Å². The number of pyridine rings is 1. The van der Waals surface area contributed by atoms with Gasteiger partial charge in [-0.2, -0.15) is 0 Å². The predicted octanol–water partition coefficient (Wildman–Crippen LogP) is 2.63. The lowest BCUT2D eigenvalue weighted by atomic mass is 9.80. The normalized spacial score (nSPS) is 16.4. The lowest BCUT2D eigenvalue weighted by molar-refractivity contribution is -0.163. The Labute approximate surface area is 116 Å². The number of nitrogens with zero attached hydrogens (tertiary/aromatic N) is 1. The first-order chi connectivity index (χ1) is 9.64. The van der Waals surface area contributed by atoms with Gasteiger partial charge in [0, 0.05) is 11.5 Å². The molecule has 3 rings (SSSR count). The molecular weight excluding hydrogens is 258 g/mol. The fourth-order valence-electron chi connectivity index (χ4n) is 2.38. The Morgan fingerprint density at radius 2 is 2.10 bits per heavy atom. The van der Waals surface area contributed by atoms with E-state index in [9.17, 15) is 9.90 Å². The van der Waals surface area contributed by atoms with Crippen LogP contribution in [0.5, 0.6) is 11.6 Å². The monoisotopic (exact) mass is 273 g/mol. The number of ether oxygens (including phenoxy) is 2. The van der Waals surface area contributed by atoms with Crippen molar-refractivity contribution in [2.24, 2.45) is 0 Å². The molecule has 104 valence electrons. The fraction of sp³-hybridized carbons (Fsp3) is 0.333. The van der Waals surface area contributed by atoms with Gasteiger partial charge in [0.1, 0.15) is 5.75 Å². The number of carbonyl (C=O) groups is 1. The lowest BCUT2D eigenvalue weighted by Gasteiger charge is -2.37. The molecule has 5 heteroatoms. The second-order valence-corrected chi connectivity index (χ2v) is 4.93. The average molecular weight is 273 g/mol. The zero-order valence-corrected chi connectivity index (χ0v) is 11.1. The molecule has 1 aliphatic carbocycles. The van der Waals surface area contributed by atoms with E-state index in [2.05, 4.69) is 4.98 Å². The van der Waals surface area contributed by atoms with E-state index in [-0.39, 0.29) is 0 Å². The summed E-state index contributed by atoms with van der Waals surface area (Å²) >= 11 is 0. The topological polar surface area (TPSA) is 68.7 Å². The van der Waals surface area contributed by atoms with Crippen LogP contribution in [0.3, 0.4) is 0 Å². The zero-order chi connectivity index (χ0) is 14.2. The first kappa shape index (κ1) is 12.7. The number of hydrogen-bond acceptors (Lipinski definition) is 4. The second-order valence-electron chi connectivity index (χ2n) is 4.93. The van der Waals surface area contributed by atoms with Crippen molar-refractivity contribution >= 4 is 16.9 Å². The summed E-state index contributed by atoms with van der Waals surface area (Å²) in [6, 6.07) is 9.10. The number of aliphatic carboxylic acids is 1. The lowest BCUT2D eigenvalue weighted by Crippen LogP contribution is -2.50. The number of hydrogen-bond donors (Lipinski definition) is 1. The molecule has 0 spiro atoms. The van der Waals surface area contributed by atoms with Gasteiger partial charge in [-0.25, -0.2) is 9.78 Å². The maximum atomic E-state index is 11.4. The van der Waals surface area contributed by atoms with Crippen LogP contribution < -0.4 is 9.47 Å². The van der Waals surface area contributed by atoms with Gasteiger partial charge in [0.2, 0.25) is 11.5 Å². The number of carboxylic acids is 1. The minimum Gasteiger partial charge on any atom is -0.481 e. The fourth-order valence-corrected chi connectivity index (χ4v) is 2.38. The Morgan fingerprint density at radius 3 is 2.70 bits per heavy atom. The van der Waals surface area contributed by atoms with Crippen LogP contribution in [0.1, 0.15) is 19.3 Å². The zero-order valence-electron chi connectivity index (χ0n) is 11.1. The maximum absolute atomic E-state index is 11.4. The SMILES string of the molecule is COc1cc(OC2(C(=O)O)CCC2)c2ccccc2n1. The Hall–Kier alpha value is -2.30. The number of benzene rings is 1. The largest absolute Gasteiger partial charge is 0.481 e. The quantitative estimate of drug-likeness (QED) is 0.927. The molecule has 2 aromatic rings. The van der Waals surface area contributed by atoms with Crippen LogP contribution in [-0.2, 0) is 4.79 Å². The maximum Gasteiger partial charge on any atom is 0.348 e. The number of rotatable bonds is 4. The van der Waals surface area contributed by atoms with Crippen molar-refractivity contribution in [3.8, 4) is 11.6 Å². The molecule has 1 aromatic heterocycles. The molecular formula is C15H15NO4. The van der Waals surface area contributed by atoms with Crippen LogP contribution in [0.25, 0.3) is 10.9 Å². The molecule has 0 aliphatic heterocycles. The van der Waals surface area contributed by atoms with E-state index in [0.29, 0.717) is 24.5 Å². The highest BCUT2D eigenvalue weighted by molar-refractivity contribution is 5.87. The van der Waals surface area contributed by atoms with Gasteiger partial charge in [-0.15, -0.1) is 0 Å². The molecule has 1 aromatic carbocycles. The van der Waals surface area contributed by atoms with Gasteiger partial charge in [0.05, 0.1) is 12.6 Å². The Bertz CT molecular complexity index is 664. The molecule has 1 N–H and O–H groups in total. The van der Waals surface area contributed by atoms with E-state index in [0.717, 1.165) is 17.3 Å². The van der Waals surface area contributed by atoms with Crippen molar-refractivity contribution in [1.29, 1.82) is 0 Å². The minimum atomic E-state index is -1.10. The van der Waals surface area contributed by atoms with Gasteiger partial charge in [0.15, 0.2) is 0 Å². The van der Waals surface area contributed by atoms with Crippen LogP contribution in [0.2, 0.25) is 0 Å². The molecule has 1 heterocycles. The van der Waals surface area contributed by atoms with Crippen molar-refractivity contribution in [2.75, 3.05) is 7.11 Å². The van der Waals surface area contributed by atoms with Crippen molar-refractivity contribution in [1.82, 2.24) is 4.98 Å². The molecule has 0 amide bonds. The first-order valence-corrected chi connectivity index (χ1v) is 6.51.